The third-order valence-corrected chi connectivity index (χ3v) is 3.28. The molecule has 0 aliphatic carbocycles. The molecule has 2 N–H and O–H groups in total. The molecule has 1 aliphatic heterocycles. The van der Waals surface area contributed by atoms with Gasteiger partial charge in [0.2, 0.25) is 0 Å². The Hall–Kier alpha value is -1.09. The van der Waals surface area contributed by atoms with E-state index in [1.165, 1.54) is 24.9 Å². The molecule has 2 rings (SSSR count). The Morgan fingerprint density at radius 1 is 1.53 bits per heavy atom. The van der Waals surface area contributed by atoms with E-state index >= 15 is 0 Å². The molecule has 1 saturated heterocycles. The van der Waals surface area contributed by atoms with E-state index in [2.05, 4.69) is 29.8 Å². The van der Waals surface area contributed by atoms with Crippen LogP contribution in [0.5, 0.6) is 0 Å². The van der Waals surface area contributed by atoms with Gasteiger partial charge in [-0.25, -0.2) is 4.98 Å². The first-order valence-electron chi connectivity index (χ1n) is 5.69. The predicted octanol–water partition coefficient (Wildman–Crippen LogP) is 2.13. The van der Waals surface area contributed by atoms with Crippen LogP contribution in [-0.4, -0.2) is 23.0 Å². The Morgan fingerprint density at radius 2 is 2.33 bits per heavy atom. The second-order valence-corrected chi connectivity index (χ2v) is 4.20. The Kier molecular flexibility index (Phi) is 2.91. The van der Waals surface area contributed by atoms with Crippen molar-refractivity contribution in [1.82, 2.24) is 9.88 Å². The molecular formula is C12H19N3. The Labute approximate surface area is 91.3 Å². The van der Waals surface area contributed by atoms with Crippen molar-refractivity contribution < 1.29 is 0 Å². The summed E-state index contributed by atoms with van der Waals surface area (Å²) in [7, 11) is 0. The summed E-state index contributed by atoms with van der Waals surface area (Å²) < 4.78 is 0. The zero-order valence-electron chi connectivity index (χ0n) is 9.53. The topological polar surface area (TPSA) is 42.1 Å². The molecule has 1 atom stereocenters. The molecule has 3 heteroatoms. The Morgan fingerprint density at radius 3 is 3.00 bits per heavy atom. The maximum atomic E-state index is 5.67. The molecule has 1 aromatic rings. The van der Waals surface area contributed by atoms with Crippen molar-refractivity contribution in [2.45, 2.75) is 32.7 Å². The molecule has 0 aromatic carbocycles. The lowest BCUT2D eigenvalue weighted by atomic mass is 10.0. The van der Waals surface area contributed by atoms with Gasteiger partial charge in [-0.05, 0) is 44.5 Å². The SMILES string of the molecule is CCN1CCCC1c1ccc(N)nc1C. The highest BCUT2D eigenvalue weighted by Crippen LogP contribution is 2.32. The van der Waals surface area contributed by atoms with E-state index in [9.17, 15) is 0 Å². The van der Waals surface area contributed by atoms with E-state index in [1.807, 2.05) is 6.07 Å². The van der Waals surface area contributed by atoms with E-state index in [0.717, 1.165) is 12.2 Å². The van der Waals surface area contributed by atoms with Crippen LogP contribution in [0.4, 0.5) is 5.82 Å². The standard InChI is InChI=1S/C12H19N3/c1-3-15-8-4-5-11(15)10-6-7-12(13)14-9(10)2/h6-7,11H,3-5,8H2,1-2H3,(H2,13,14). The van der Waals surface area contributed by atoms with Crippen molar-refractivity contribution in [1.29, 1.82) is 0 Å². The van der Waals surface area contributed by atoms with Gasteiger partial charge in [0.25, 0.3) is 0 Å². The van der Waals surface area contributed by atoms with Gasteiger partial charge in [0.15, 0.2) is 0 Å². The number of rotatable bonds is 2. The van der Waals surface area contributed by atoms with Crippen molar-refractivity contribution in [2.24, 2.45) is 0 Å². The van der Waals surface area contributed by atoms with Gasteiger partial charge in [-0.15, -0.1) is 0 Å². The number of pyridine rings is 1. The summed E-state index contributed by atoms with van der Waals surface area (Å²) in [4.78, 5) is 6.85. The molecule has 0 amide bonds. The Balaban J connectivity index is 2.28. The summed E-state index contributed by atoms with van der Waals surface area (Å²) in [6.45, 7) is 6.61. The molecule has 1 aromatic heterocycles. The quantitative estimate of drug-likeness (QED) is 0.804. The van der Waals surface area contributed by atoms with Gasteiger partial charge in [-0.3, -0.25) is 4.90 Å². The smallest absolute Gasteiger partial charge is 0.123 e. The summed E-state index contributed by atoms with van der Waals surface area (Å²) in [6.07, 6.45) is 2.54. The molecule has 82 valence electrons. The summed E-state index contributed by atoms with van der Waals surface area (Å²) >= 11 is 0. The first-order chi connectivity index (χ1) is 7.22. The van der Waals surface area contributed by atoms with Gasteiger partial charge in [0.05, 0.1) is 0 Å². The third kappa shape index (κ3) is 1.97. The fourth-order valence-corrected chi connectivity index (χ4v) is 2.50. The molecule has 0 spiro atoms. The van der Waals surface area contributed by atoms with Crippen LogP contribution in [0.15, 0.2) is 12.1 Å². The molecule has 3 nitrogen and oxygen atoms in total. The van der Waals surface area contributed by atoms with Crippen molar-refractivity contribution in [3.8, 4) is 0 Å². The molecule has 15 heavy (non-hydrogen) atoms. The fraction of sp³-hybridized carbons (Fsp3) is 0.583. The monoisotopic (exact) mass is 205 g/mol. The van der Waals surface area contributed by atoms with Crippen LogP contribution in [0.1, 0.15) is 37.1 Å². The number of likely N-dealkylation sites (tertiary alicyclic amines) is 1. The van der Waals surface area contributed by atoms with Crippen LogP contribution >= 0.6 is 0 Å². The largest absolute Gasteiger partial charge is 0.384 e. The van der Waals surface area contributed by atoms with E-state index in [0.29, 0.717) is 11.9 Å². The average molecular weight is 205 g/mol. The number of aryl methyl sites for hydroxylation is 1. The molecule has 0 saturated carbocycles. The minimum atomic E-state index is 0.558. The van der Waals surface area contributed by atoms with Crippen LogP contribution < -0.4 is 5.73 Å². The summed E-state index contributed by atoms with van der Waals surface area (Å²) in [6, 6.07) is 4.60. The fourth-order valence-electron chi connectivity index (χ4n) is 2.50. The molecular weight excluding hydrogens is 186 g/mol. The molecule has 0 bridgehead atoms. The number of anilines is 1. The number of aromatic nitrogens is 1. The highest BCUT2D eigenvalue weighted by atomic mass is 15.2. The van der Waals surface area contributed by atoms with Crippen molar-refractivity contribution in [3.63, 3.8) is 0 Å². The highest BCUT2D eigenvalue weighted by molar-refractivity contribution is 5.35. The third-order valence-electron chi connectivity index (χ3n) is 3.28. The van der Waals surface area contributed by atoms with Gasteiger partial charge < -0.3 is 5.73 Å². The zero-order chi connectivity index (χ0) is 10.8. The first-order valence-corrected chi connectivity index (χ1v) is 5.69. The maximum Gasteiger partial charge on any atom is 0.123 e. The highest BCUT2D eigenvalue weighted by Gasteiger charge is 2.25. The predicted molar refractivity (Wildman–Crippen MR) is 62.6 cm³/mol. The Bertz CT molecular complexity index is 349. The molecule has 1 aliphatic rings. The minimum Gasteiger partial charge on any atom is -0.384 e. The maximum absolute atomic E-state index is 5.67. The molecule has 1 unspecified atom stereocenters. The number of nitrogens with zero attached hydrogens (tertiary/aromatic N) is 2. The van der Waals surface area contributed by atoms with Gasteiger partial charge in [0.1, 0.15) is 5.82 Å². The lowest BCUT2D eigenvalue weighted by molar-refractivity contribution is 0.270. The number of hydrogen-bond acceptors (Lipinski definition) is 3. The van der Waals surface area contributed by atoms with Gasteiger partial charge >= 0.3 is 0 Å². The molecule has 1 fully saturated rings. The first kappa shape index (κ1) is 10.4. The van der Waals surface area contributed by atoms with Crippen molar-refractivity contribution in [3.05, 3.63) is 23.4 Å². The van der Waals surface area contributed by atoms with Gasteiger partial charge in [-0.2, -0.15) is 0 Å². The van der Waals surface area contributed by atoms with E-state index in [1.54, 1.807) is 0 Å². The zero-order valence-corrected chi connectivity index (χ0v) is 9.53. The van der Waals surface area contributed by atoms with Gasteiger partial charge in [0, 0.05) is 11.7 Å². The minimum absolute atomic E-state index is 0.558. The second kappa shape index (κ2) is 4.19. The van der Waals surface area contributed by atoms with E-state index in [4.69, 9.17) is 5.73 Å². The average Bonchev–Trinajstić information content (AvgIpc) is 2.65. The van der Waals surface area contributed by atoms with Crippen LogP contribution in [0.3, 0.4) is 0 Å². The van der Waals surface area contributed by atoms with Crippen LogP contribution in [0.25, 0.3) is 0 Å². The summed E-state index contributed by atoms with van der Waals surface area (Å²) in [5.41, 5.74) is 8.10. The van der Waals surface area contributed by atoms with Crippen molar-refractivity contribution >= 4 is 5.82 Å². The number of nitrogens with two attached hydrogens (primary N) is 1. The van der Waals surface area contributed by atoms with Crippen LogP contribution in [0, 0.1) is 6.92 Å². The summed E-state index contributed by atoms with van der Waals surface area (Å²) in [5, 5.41) is 0. The lowest BCUT2D eigenvalue weighted by Gasteiger charge is -2.24. The second-order valence-electron chi connectivity index (χ2n) is 4.20. The van der Waals surface area contributed by atoms with E-state index < -0.39 is 0 Å². The lowest BCUT2D eigenvalue weighted by Crippen LogP contribution is -2.23. The van der Waals surface area contributed by atoms with Crippen LogP contribution in [0.2, 0.25) is 0 Å². The van der Waals surface area contributed by atoms with E-state index in [-0.39, 0.29) is 0 Å². The summed E-state index contributed by atoms with van der Waals surface area (Å²) in [5.74, 6) is 0.622. The van der Waals surface area contributed by atoms with Crippen LogP contribution in [-0.2, 0) is 0 Å². The molecule has 0 radical (unpaired) electrons. The normalized spacial score (nSPS) is 22.1. The number of nitrogen functional groups attached to an aromatic ring is 1. The van der Waals surface area contributed by atoms with Crippen molar-refractivity contribution in [2.75, 3.05) is 18.8 Å². The number of hydrogen-bond donors (Lipinski definition) is 1. The van der Waals surface area contributed by atoms with Gasteiger partial charge in [-0.1, -0.05) is 13.0 Å². The molecule has 2 heterocycles.